The Balaban J connectivity index is 2.37. The van der Waals surface area contributed by atoms with Crippen molar-refractivity contribution in [2.75, 3.05) is 13.2 Å². The summed E-state index contributed by atoms with van der Waals surface area (Å²) in [7, 11) is 0. The van der Waals surface area contributed by atoms with Gasteiger partial charge in [-0.1, -0.05) is 6.92 Å². The van der Waals surface area contributed by atoms with Crippen LogP contribution in [0.1, 0.15) is 26.2 Å². The van der Waals surface area contributed by atoms with E-state index in [0.29, 0.717) is 6.61 Å². The number of hydrogen-bond acceptors (Lipinski definition) is 3. The van der Waals surface area contributed by atoms with Crippen LogP contribution in [0, 0.1) is 11.8 Å². The fraction of sp³-hybridized carbons (Fsp3) is 0.900. The molecule has 0 saturated carbocycles. The third-order valence-electron chi connectivity index (χ3n) is 2.76. The van der Waals surface area contributed by atoms with Gasteiger partial charge in [-0.3, -0.25) is 4.79 Å². The summed E-state index contributed by atoms with van der Waals surface area (Å²) in [6.07, 6.45) is 1.37. The maximum Gasteiger partial charge on any atom is 0.303 e. The summed E-state index contributed by atoms with van der Waals surface area (Å²) in [5, 5.41) is 18.4. The number of carboxylic acids is 1. The molecular weight excluding hydrogens is 184 g/mol. The molecule has 4 heteroatoms. The van der Waals surface area contributed by atoms with Crippen molar-refractivity contribution >= 4 is 5.97 Å². The fourth-order valence-electron chi connectivity index (χ4n) is 1.90. The normalized spacial score (nSPS) is 26.9. The highest BCUT2D eigenvalue weighted by atomic mass is 16.5. The lowest BCUT2D eigenvalue weighted by atomic mass is 9.86. The van der Waals surface area contributed by atoms with Crippen LogP contribution in [0.15, 0.2) is 0 Å². The molecule has 1 saturated heterocycles. The van der Waals surface area contributed by atoms with Crippen molar-refractivity contribution in [3.63, 3.8) is 0 Å². The van der Waals surface area contributed by atoms with Crippen molar-refractivity contribution in [3.8, 4) is 0 Å². The van der Waals surface area contributed by atoms with E-state index in [2.05, 4.69) is 0 Å². The maximum atomic E-state index is 10.5. The molecule has 1 rings (SSSR count). The summed E-state index contributed by atoms with van der Waals surface area (Å²) in [6, 6.07) is 0. The highest BCUT2D eigenvalue weighted by molar-refractivity contribution is 5.67. The summed E-state index contributed by atoms with van der Waals surface area (Å²) in [4.78, 5) is 10.5. The summed E-state index contributed by atoms with van der Waals surface area (Å²) < 4.78 is 5.25. The predicted molar refractivity (Wildman–Crippen MR) is 51.0 cm³/mol. The van der Waals surface area contributed by atoms with E-state index in [1.54, 1.807) is 6.92 Å². The van der Waals surface area contributed by atoms with Gasteiger partial charge in [0.25, 0.3) is 0 Å². The maximum absolute atomic E-state index is 10.5. The molecule has 0 spiro atoms. The Kier molecular flexibility index (Phi) is 4.35. The molecule has 0 amide bonds. The number of aliphatic hydroxyl groups excluding tert-OH is 1. The zero-order valence-electron chi connectivity index (χ0n) is 8.48. The predicted octanol–water partition coefficient (Wildman–Crippen LogP) is 0.885. The van der Waals surface area contributed by atoms with E-state index in [0.717, 1.165) is 19.4 Å². The molecule has 4 nitrogen and oxygen atoms in total. The van der Waals surface area contributed by atoms with Crippen LogP contribution in [0.2, 0.25) is 0 Å². The van der Waals surface area contributed by atoms with Gasteiger partial charge in [-0.25, -0.2) is 0 Å². The van der Waals surface area contributed by atoms with Crippen LogP contribution in [0.25, 0.3) is 0 Å². The topological polar surface area (TPSA) is 66.8 Å². The lowest BCUT2D eigenvalue weighted by Gasteiger charge is -2.29. The number of ether oxygens (including phenoxy) is 1. The molecule has 82 valence electrons. The standard InChI is InChI=1S/C10H18O4/c1-7(5-9(11)12)10(13)8-3-2-4-14-6-8/h7-8,10,13H,2-6H2,1H3,(H,11,12). The van der Waals surface area contributed by atoms with Crippen molar-refractivity contribution in [1.82, 2.24) is 0 Å². The SMILES string of the molecule is CC(CC(=O)O)C(O)C1CCCOC1. The molecule has 3 unspecified atom stereocenters. The minimum Gasteiger partial charge on any atom is -0.481 e. The Hall–Kier alpha value is -0.610. The van der Waals surface area contributed by atoms with E-state index in [1.807, 2.05) is 0 Å². The fourth-order valence-corrected chi connectivity index (χ4v) is 1.90. The highest BCUT2D eigenvalue weighted by Crippen LogP contribution is 2.23. The molecule has 0 aromatic heterocycles. The van der Waals surface area contributed by atoms with Crippen LogP contribution in [0.3, 0.4) is 0 Å². The number of carbonyl (C=O) groups is 1. The van der Waals surface area contributed by atoms with Gasteiger partial charge in [0.1, 0.15) is 0 Å². The first-order chi connectivity index (χ1) is 6.61. The van der Waals surface area contributed by atoms with Gasteiger partial charge in [0, 0.05) is 12.5 Å². The minimum absolute atomic E-state index is 0.0255. The van der Waals surface area contributed by atoms with Gasteiger partial charge < -0.3 is 14.9 Å². The molecule has 14 heavy (non-hydrogen) atoms. The molecule has 0 aromatic carbocycles. The van der Waals surface area contributed by atoms with Gasteiger partial charge in [-0.05, 0) is 18.8 Å². The zero-order chi connectivity index (χ0) is 10.6. The Labute approximate surface area is 83.9 Å². The number of hydrogen-bond donors (Lipinski definition) is 2. The van der Waals surface area contributed by atoms with Gasteiger partial charge in [0.05, 0.1) is 19.1 Å². The quantitative estimate of drug-likeness (QED) is 0.710. The number of carboxylic acid groups (broad SMARTS) is 1. The first-order valence-electron chi connectivity index (χ1n) is 5.09. The molecular formula is C10H18O4. The molecule has 1 aliphatic rings. The first kappa shape index (κ1) is 11.5. The van der Waals surface area contributed by atoms with Crippen molar-refractivity contribution in [2.45, 2.75) is 32.3 Å². The molecule has 0 aliphatic carbocycles. The molecule has 0 bridgehead atoms. The zero-order valence-corrected chi connectivity index (χ0v) is 8.48. The second kappa shape index (κ2) is 5.32. The van der Waals surface area contributed by atoms with Crippen molar-refractivity contribution in [1.29, 1.82) is 0 Å². The van der Waals surface area contributed by atoms with E-state index >= 15 is 0 Å². The number of rotatable bonds is 4. The average molecular weight is 202 g/mol. The Morgan fingerprint density at radius 3 is 2.86 bits per heavy atom. The average Bonchev–Trinajstić information content (AvgIpc) is 2.17. The minimum atomic E-state index is -0.853. The van der Waals surface area contributed by atoms with E-state index in [9.17, 15) is 9.90 Å². The van der Waals surface area contributed by atoms with E-state index in [1.165, 1.54) is 0 Å². The second-order valence-corrected chi connectivity index (χ2v) is 4.04. The molecule has 0 aromatic rings. The van der Waals surface area contributed by atoms with Crippen molar-refractivity contribution in [2.24, 2.45) is 11.8 Å². The van der Waals surface area contributed by atoms with Crippen LogP contribution in [0.4, 0.5) is 0 Å². The van der Waals surface area contributed by atoms with Crippen LogP contribution in [-0.2, 0) is 9.53 Å². The highest BCUT2D eigenvalue weighted by Gasteiger charge is 2.27. The van der Waals surface area contributed by atoms with E-state index < -0.39 is 12.1 Å². The third kappa shape index (κ3) is 3.27. The van der Waals surface area contributed by atoms with E-state index in [-0.39, 0.29) is 18.3 Å². The van der Waals surface area contributed by atoms with Crippen molar-refractivity contribution < 1.29 is 19.7 Å². The molecule has 3 atom stereocenters. The van der Waals surface area contributed by atoms with Gasteiger partial charge in [0.2, 0.25) is 0 Å². The van der Waals surface area contributed by atoms with Crippen LogP contribution >= 0.6 is 0 Å². The Morgan fingerprint density at radius 2 is 2.36 bits per heavy atom. The van der Waals surface area contributed by atoms with Crippen molar-refractivity contribution in [3.05, 3.63) is 0 Å². The van der Waals surface area contributed by atoms with Gasteiger partial charge in [0.15, 0.2) is 0 Å². The summed E-state index contributed by atoms with van der Waals surface area (Å²) >= 11 is 0. The Morgan fingerprint density at radius 1 is 1.64 bits per heavy atom. The van der Waals surface area contributed by atoms with Gasteiger partial charge >= 0.3 is 5.97 Å². The first-order valence-corrected chi connectivity index (χ1v) is 5.09. The largest absolute Gasteiger partial charge is 0.481 e. The molecule has 1 fully saturated rings. The summed E-state index contributed by atoms with van der Waals surface area (Å²) in [6.45, 7) is 3.09. The molecule has 2 N–H and O–H groups in total. The molecule has 0 radical (unpaired) electrons. The number of aliphatic carboxylic acids is 1. The molecule has 1 aliphatic heterocycles. The lowest BCUT2D eigenvalue weighted by Crippen LogP contribution is -2.34. The monoisotopic (exact) mass is 202 g/mol. The van der Waals surface area contributed by atoms with Gasteiger partial charge in [-0.15, -0.1) is 0 Å². The molecule has 1 heterocycles. The van der Waals surface area contributed by atoms with Crippen LogP contribution in [0.5, 0.6) is 0 Å². The second-order valence-electron chi connectivity index (χ2n) is 4.04. The Bertz CT molecular complexity index is 187. The summed E-state index contributed by atoms with van der Waals surface area (Å²) in [5.74, 6) is -0.939. The lowest BCUT2D eigenvalue weighted by molar-refractivity contribution is -0.139. The van der Waals surface area contributed by atoms with Gasteiger partial charge in [-0.2, -0.15) is 0 Å². The smallest absolute Gasteiger partial charge is 0.303 e. The number of aliphatic hydroxyl groups is 1. The van der Waals surface area contributed by atoms with Crippen LogP contribution < -0.4 is 0 Å². The third-order valence-corrected chi connectivity index (χ3v) is 2.76. The van der Waals surface area contributed by atoms with E-state index in [4.69, 9.17) is 9.84 Å². The van der Waals surface area contributed by atoms with Crippen LogP contribution in [-0.4, -0.2) is 35.5 Å². The summed E-state index contributed by atoms with van der Waals surface area (Å²) in [5.41, 5.74) is 0.